The van der Waals surface area contributed by atoms with Crippen LogP contribution in [-0.2, 0) is 6.54 Å². The smallest absolute Gasteiger partial charge is 0.287 e. The molecule has 1 aliphatic rings. The molecule has 0 saturated carbocycles. The van der Waals surface area contributed by atoms with E-state index in [1.54, 1.807) is 6.20 Å². The number of hydrogen-bond acceptors (Lipinski definition) is 4. The lowest BCUT2D eigenvalue weighted by Gasteiger charge is -2.15. The molecule has 6 heteroatoms. The van der Waals surface area contributed by atoms with Crippen LogP contribution in [0.3, 0.4) is 0 Å². The van der Waals surface area contributed by atoms with Gasteiger partial charge in [-0.2, -0.15) is 5.10 Å². The van der Waals surface area contributed by atoms with E-state index >= 15 is 0 Å². The molecular weight excluding hydrogens is 288 g/mol. The fourth-order valence-electron chi connectivity index (χ4n) is 2.69. The first-order chi connectivity index (χ1) is 10.0. The zero-order valence-electron chi connectivity index (χ0n) is 13.1. The Bertz CT molecular complexity index is 529. The van der Waals surface area contributed by atoms with Crippen LogP contribution < -0.4 is 10.9 Å². The summed E-state index contributed by atoms with van der Waals surface area (Å²) in [7, 11) is 0. The van der Waals surface area contributed by atoms with Crippen molar-refractivity contribution in [2.24, 2.45) is 11.8 Å². The number of anilines is 1. The summed E-state index contributed by atoms with van der Waals surface area (Å²) in [6, 6.07) is 0. The molecule has 21 heavy (non-hydrogen) atoms. The van der Waals surface area contributed by atoms with E-state index in [1.807, 2.05) is 13.8 Å². The number of likely N-dealkylation sites (tertiary alicyclic amines) is 1. The van der Waals surface area contributed by atoms with E-state index in [2.05, 4.69) is 22.2 Å². The van der Waals surface area contributed by atoms with E-state index in [4.69, 9.17) is 11.6 Å². The topological polar surface area (TPSA) is 50.2 Å². The molecule has 0 aliphatic carbocycles. The van der Waals surface area contributed by atoms with Gasteiger partial charge in [0, 0.05) is 19.6 Å². The molecule has 0 aromatic carbocycles. The Labute approximate surface area is 131 Å². The summed E-state index contributed by atoms with van der Waals surface area (Å²) in [5.41, 5.74) is 0.439. The molecule has 1 aromatic heterocycles. The van der Waals surface area contributed by atoms with Crippen LogP contribution in [0.15, 0.2) is 11.0 Å². The van der Waals surface area contributed by atoms with Gasteiger partial charge in [0.1, 0.15) is 5.02 Å². The fourth-order valence-corrected chi connectivity index (χ4v) is 2.90. The average Bonchev–Trinajstić information content (AvgIpc) is 2.91. The van der Waals surface area contributed by atoms with E-state index in [0.717, 1.165) is 26.2 Å². The third-order valence-electron chi connectivity index (χ3n) is 3.92. The van der Waals surface area contributed by atoms with Gasteiger partial charge < -0.3 is 10.2 Å². The number of nitrogens with one attached hydrogen (secondary N) is 1. The highest BCUT2D eigenvalue weighted by Crippen LogP contribution is 2.19. The lowest BCUT2D eigenvalue weighted by atomic mass is 10.1. The van der Waals surface area contributed by atoms with Gasteiger partial charge in [0.15, 0.2) is 0 Å². The minimum absolute atomic E-state index is 0.211. The fraction of sp³-hybridized carbons (Fsp3) is 0.733. The number of nitrogens with zero attached hydrogens (tertiary/aromatic N) is 3. The van der Waals surface area contributed by atoms with Crippen LogP contribution >= 0.6 is 11.6 Å². The van der Waals surface area contributed by atoms with Gasteiger partial charge in [-0.25, -0.2) is 4.68 Å². The molecule has 5 nitrogen and oxygen atoms in total. The van der Waals surface area contributed by atoms with Crippen molar-refractivity contribution in [3.8, 4) is 0 Å². The van der Waals surface area contributed by atoms with Gasteiger partial charge in [0.05, 0.1) is 11.9 Å². The zero-order chi connectivity index (χ0) is 15.4. The Balaban J connectivity index is 1.98. The lowest BCUT2D eigenvalue weighted by molar-refractivity contribution is 0.345. The Morgan fingerprint density at radius 1 is 1.52 bits per heavy atom. The molecule has 1 unspecified atom stereocenters. The van der Waals surface area contributed by atoms with E-state index in [-0.39, 0.29) is 10.6 Å². The molecule has 0 radical (unpaired) electrons. The van der Waals surface area contributed by atoms with E-state index in [9.17, 15) is 4.79 Å². The van der Waals surface area contributed by atoms with E-state index < -0.39 is 0 Å². The number of aromatic nitrogens is 2. The normalized spacial score (nSPS) is 19.4. The highest BCUT2D eigenvalue weighted by atomic mass is 35.5. The summed E-state index contributed by atoms with van der Waals surface area (Å²) in [6.45, 7) is 11.1. The van der Waals surface area contributed by atoms with Crippen LogP contribution in [0, 0.1) is 11.8 Å². The molecule has 1 aliphatic heterocycles. The largest absolute Gasteiger partial charge is 0.382 e. The lowest BCUT2D eigenvalue weighted by Crippen LogP contribution is -2.27. The standard InChI is InChI=1S/C15H25ClN4O/c1-4-19-6-5-12(10-19)7-17-13-8-18-20(9-11(2)3)15(21)14(13)16/h8,11-12,17H,4-7,9-10H2,1-3H3. The molecule has 1 aromatic rings. The van der Waals surface area contributed by atoms with Crippen molar-refractivity contribution < 1.29 is 0 Å². The maximum atomic E-state index is 12.1. The Morgan fingerprint density at radius 3 is 2.90 bits per heavy atom. The van der Waals surface area contributed by atoms with Crippen LogP contribution in [0.25, 0.3) is 0 Å². The molecular formula is C15H25ClN4O. The summed E-state index contributed by atoms with van der Waals surface area (Å²) >= 11 is 6.18. The van der Waals surface area contributed by atoms with Crippen molar-refractivity contribution >= 4 is 17.3 Å². The van der Waals surface area contributed by atoms with Crippen molar-refractivity contribution in [3.05, 3.63) is 21.6 Å². The van der Waals surface area contributed by atoms with Crippen LogP contribution in [0.5, 0.6) is 0 Å². The molecule has 118 valence electrons. The quantitative estimate of drug-likeness (QED) is 0.876. The van der Waals surface area contributed by atoms with Crippen LogP contribution in [0.4, 0.5) is 5.69 Å². The molecule has 1 fully saturated rings. The number of hydrogen-bond donors (Lipinski definition) is 1. The second-order valence-corrected chi connectivity index (χ2v) is 6.56. The maximum absolute atomic E-state index is 12.1. The van der Waals surface area contributed by atoms with Gasteiger partial charge in [0.25, 0.3) is 5.56 Å². The predicted octanol–water partition coefficient (Wildman–Crippen LogP) is 2.31. The van der Waals surface area contributed by atoms with Crippen LogP contribution in [-0.4, -0.2) is 40.9 Å². The molecule has 0 bridgehead atoms. The second kappa shape index (κ2) is 7.27. The average molecular weight is 313 g/mol. The molecule has 2 rings (SSSR count). The number of halogens is 1. The van der Waals surface area contributed by atoms with Gasteiger partial charge in [-0.1, -0.05) is 32.4 Å². The van der Waals surface area contributed by atoms with Gasteiger partial charge in [-0.3, -0.25) is 4.79 Å². The van der Waals surface area contributed by atoms with Crippen LogP contribution in [0.1, 0.15) is 27.2 Å². The Kier molecular flexibility index (Phi) is 5.65. The summed E-state index contributed by atoms with van der Waals surface area (Å²) in [5, 5.41) is 7.74. The Hall–Kier alpha value is -1.07. The third-order valence-corrected chi connectivity index (χ3v) is 4.29. The minimum Gasteiger partial charge on any atom is -0.382 e. The van der Waals surface area contributed by atoms with Crippen LogP contribution in [0.2, 0.25) is 5.02 Å². The molecule has 0 amide bonds. The van der Waals surface area contributed by atoms with Crippen molar-refractivity contribution in [2.75, 3.05) is 31.5 Å². The first-order valence-electron chi connectivity index (χ1n) is 7.73. The monoisotopic (exact) mass is 312 g/mol. The predicted molar refractivity (Wildman–Crippen MR) is 87.1 cm³/mol. The summed E-state index contributed by atoms with van der Waals surface area (Å²) in [5.74, 6) is 0.975. The first kappa shape index (κ1) is 16.3. The van der Waals surface area contributed by atoms with Gasteiger partial charge in [0.2, 0.25) is 0 Å². The molecule has 2 heterocycles. The zero-order valence-corrected chi connectivity index (χ0v) is 13.9. The third kappa shape index (κ3) is 4.20. The summed E-state index contributed by atoms with van der Waals surface area (Å²) in [6.07, 6.45) is 2.86. The Morgan fingerprint density at radius 2 is 2.29 bits per heavy atom. The number of rotatable bonds is 6. The van der Waals surface area contributed by atoms with E-state index in [0.29, 0.717) is 24.1 Å². The van der Waals surface area contributed by atoms with Crippen molar-refractivity contribution in [3.63, 3.8) is 0 Å². The van der Waals surface area contributed by atoms with Crippen molar-refractivity contribution in [1.82, 2.24) is 14.7 Å². The first-order valence-corrected chi connectivity index (χ1v) is 8.10. The van der Waals surface area contributed by atoms with Gasteiger partial charge in [-0.15, -0.1) is 0 Å². The highest BCUT2D eigenvalue weighted by molar-refractivity contribution is 6.32. The van der Waals surface area contributed by atoms with Crippen molar-refractivity contribution in [1.29, 1.82) is 0 Å². The maximum Gasteiger partial charge on any atom is 0.287 e. The molecule has 1 atom stereocenters. The summed E-state index contributed by atoms with van der Waals surface area (Å²) < 4.78 is 1.44. The highest BCUT2D eigenvalue weighted by Gasteiger charge is 2.21. The molecule has 1 N–H and O–H groups in total. The molecule has 1 saturated heterocycles. The molecule has 0 spiro atoms. The van der Waals surface area contributed by atoms with E-state index in [1.165, 1.54) is 11.1 Å². The van der Waals surface area contributed by atoms with Gasteiger partial charge in [-0.05, 0) is 31.3 Å². The SMILES string of the molecule is CCN1CCC(CNc2cnn(CC(C)C)c(=O)c2Cl)C1. The van der Waals surface area contributed by atoms with Crippen molar-refractivity contribution in [2.45, 2.75) is 33.7 Å². The minimum atomic E-state index is -0.211. The van der Waals surface area contributed by atoms with Gasteiger partial charge >= 0.3 is 0 Å². The summed E-state index contributed by atoms with van der Waals surface area (Å²) in [4.78, 5) is 14.6. The second-order valence-electron chi connectivity index (χ2n) is 6.18.